The molecule has 3 heterocycles. The van der Waals surface area contributed by atoms with E-state index in [4.69, 9.17) is 24.4 Å². The molecule has 2 aromatic heterocycles. The van der Waals surface area contributed by atoms with Crippen molar-refractivity contribution in [1.29, 1.82) is 0 Å². The van der Waals surface area contributed by atoms with Crippen LogP contribution in [0.4, 0.5) is 4.79 Å². The molecule has 8 heteroatoms. The molecule has 0 N–H and O–H groups in total. The van der Waals surface area contributed by atoms with Crippen molar-refractivity contribution in [2.24, 2.45) is 10.9 Å². The van der Waals surface area contributed by atoms with Gasteiger partial charge in [0, 0.05) is 33.1 Å². The van der Waals surface area contributed by atoms with Crippen molar-refractivity contribution in [2.75, 3.05) is 27.8 Å². The lowest BCUT2D eigenvalue weighted by Crippen LogP contribution is -2.26. The van der Waals surface area contributed by atoms with Crippen LogP contribution in [-0.4, -0.2) is 65.3 Å². The number of methoxy groups -OCH3 is 1. The second-order valence-electron chi connectivity index (χ2n) is 8.84. The van der Waals surface area contributed by atoms with Crippen LogP contribution in [0.5, 0.6) is 0 Å². The fraction of sp³-hybridized carbons (Fsp3) is 0.583. The Hall–Kier alpha value is -2.74. The Morgan fingerprint density at radius 1 is 1.25 bits per heavy atom. The van der Waals surface area contributed by atoms with Crippen LogP contribution < -0.4 is 0 Å². The number of aromatic nitrogens is 3. The number of carbonyl (C=O) groups is 1. The SMILES string of the molecule is CCC(COC(=O)N(C)C)n1cc(C)c2nc(C3C=CC(C(C)C)=NC3OC)c(C)nc21. The Bertz CT molecular complexity index is 1040. The molecule has 1 amide bonds. The molecule has 0 aromatic carbocycles. The Balaban J connectivity index is 1.97. The molecule has 174 valence electrons. The van der Waals surface area contributed by atoms with Crippen LogP contribution >= 0.6 is 0 Å². The Morgan fingerprint density at radius 2 is 1.97 bits per heavy atom. The third-order valence-electron chi connectivity index (χ3n) is 5.87. The van der Waals surface area contributed by atoms with Gasteiger partial charge in [-0.05, 0) is 37.8 Å². The number of aliphatic imine (C=N–C) groups is 1. The number of fused-ring (bicyclic) bond motifs is 1. The van der Waals surface area contributed by atoms with Gasteiger partial charge in [-0.3, -0.25) is 4.99 Å². The minimum Gasteiger partial charge on any atom is -0.447 e. The van der Waals surface area contributed by atoms with Gasteiger partial charge in [0.15, 0.2) is 11.9 Å². The predicted octanol–water partition coefficient (Wildman–Crippen LogP) is 4.42. The van der Waals surface area contributed by atoms with E-state index in [1.807, 2.05) is 20.0 Å². The van der Waals surface area contributed by atoms with E-state index in [-0.39, 0.29) is 30.9 Å². The highest BCUT2D eigenvalue weighted by Crippen LogP contribution is 2.32. The van der Waals surface area contributed by atoms with Crippen LogP contribution in [0, 0.1) is 19.8 Å². The summed E-state index contributed by atoms with van der Waals surface area (Å²) in [6.45, 7) is 10.6. The molecular formula is C24H35N5O3. The molecule has 1 aliphatic rings. The average Bonchev–Trinajstić information content (AvgIpc) is 3.08. The highest BCUT2D eigenvalue weighted by Gasteiger charge is 2.29. The summed E-state index contributed by atoms with van der Waals surface area (Å²) >= 11 is 0. The van der Waals surface area contributed by atoms with Crippen molar-refractivity contribution in [3.63, 3.8) is 0 Å². The first-order valence-electron chi connectivity index (χ1n) is 11.2. The number of dihydropyridines is 1. The first kappa shape index (κ1) is 23.9. The van der Waals surface area contributed by atoms with Crippen LogP contribution in [0.2, 0.25) is 0 Å². The molecule has 3 atom stereocenters. The lowest BCUT2D eigenvalue weighted by atomic mass is 9.95. The number of ether oxygens (including phenoxy) is 2. The highest BCUT2D eigenvalue weighted by molar-refractivity contribution is 5.97. The maximum absolute atomic E-state index is 11.9. The quantitative estimate of drug-likeness (QED) is 0.635. The molecule has 0 saturated heterocycles. The zero-order chi connectivity index (χ0) is 23.6. The van der Waals surface area contributed by atoms with E-state index in [1.54, 1.807) is 21.2 Å². The number of amides is 1. The molecular weight excluding hydrogens is 406 g/mol. The van der Waals surface area contributed by atoms with Crippen LogP contribution in [0.1, 0.15) is 56.1 Å². The summed E-state index contributed by atoms with van der Waals surface area (Å²) in [4.78, 5) is 28.1. The molecule has 0 saturated carbocycles. The van der Waals surface area contributed by atoms with Crippen molar-refractivity contribution < 1.29 is 14.3 Å². The molecule has 3 unspecified atom stereocenters. The van der Waals surface area contributed by atoms with Gasteiger partial charge in [0.25, 0.3) is 0 Å². The third kappa shape index (κ3) is 4.70. The normalized spacial score (nSPS) is 19.3. The molecule has 3 rings (SSSR count). The van der Waals surface area contributed by atoms with E-state index in [0.29, 0.717) is 5.92 Å². The van der Waals surface area contributed by atoms with E-state index in [1.165, 1.54) is 4.90 Å². The maximum atomic E-state index is 11.9. The average molecular weight is 442 g/mol. The number of hydrogen-bond acceptors (Lipinski definition) is 6. The van der Waals surface area contributed by atoms with E-state index < -0.39 is 0 Å². The summed E-state index contributed by atoms with van der Waals surface area (Å²) in [7, 11) is 5.04. The molecule has 0 radical (unpaired) electrons. The van der Waals surface area contributed by atoms with Crippen LogP contribution in [0.15, 0.2) is 23.3 Å². The van der Waals surface area contributed by atoms with E-state index in [9.17, 15) is 4.79 Å². The zero-order valence-electron chi connectivity index (χ0n) is 20.4. The van der Waals surface area contributed by atoms with Gasteiger partial charge in [-0.15, -0.1) is 0 Å². The number of hydrogen-bond donors (Lipinski definition) is 0. The lowest BCUT2D eigenvalue weighted by Gasteiger charge is -2.26. The molecule has 0 bridgehead atoms. The highest BCUT2D eigenvalue weighted by atomic mass is 16.6. The topological polar surface area (TPSA) is 81.8 Å². The van der Waals surface area contributed by atoms with E-state index in [2.05, 4.69) is 37.5 Å². The number of carbonyl (C=O) groups excluding carboxylic acids is 1. The van der Waals surface area contributed by atoms with Gasteiger partial charge >= 0.3 is 6.09 Å². The second kappa shape index (κ2) is 9.81. The zero-order valence-corrected chi connectivity index (χ0v) is 20.4. The minimum atomic E-state index is -0.350. The maximum Gasteiger partial charge on any atom is 0.409 e. The predicted molar refractivity (Wildman–Crippen MR) is 126 cm³/mol. The summed E-state index contributed by atoms with van der Waals surface area (Å²) in [6, 6.07) is -0.0193. The largest absolute Gasteiger partial charge is 0.447 e. The van der Waals surface area contributed by atoms with Crippen molar-refractivity contribution in [1.82, 2.24) is 19.4 Å². The van der Waals surface area contributed by atoms with Crippen molar-refractivity contribution >= 4 is 23.0 Å². The fourth-order valence-corrected chi connectivity index (χ4v) is 3.92. The molecule has 1 aliphatic heterocycles. The number of allylic oxidation sites excluding steroid dienone is 1. The standard InChI is InChI=1S/C24H35N5O3/c1-9-17(13-32-24(30)28(6)7)29-12-15(4)20-22(29)25-16(5)21(27-20)18-10-11-19(14(2)3)26-23(18)31-8/h10-12,14,17-18,23H,9,13H2,1-8H3. The van der Waals surface area contributed by atoms with Gasteiger partial charge in [0.1, 0.15) is 12.1 Å². The van der Waals surface area contributed by atoms with Gasteiger partial charge < -0.3 is 18.9 Å². The molecule has 0 spiro atoms. The van der Waals surface area contributed by atoms with Gasteiger partial charge in [0.05, 0.1) is 23.3 Å². The lowest BCUT2D eigenvalue weighted by molar-refractivity contribution is 0.0958. The molecule has 2 aromatic rings. The van der Waals surface area contributed by atoms with Crippen LogP contribution in [0.25, 0.3) is 11.2 Å². The van der Waals surface area contributed by atoms with Crippen LogP contribution in [-0.2, 0) is 9.47 Å². The van der Waals surface area contributed by atoms with Crippen molar-refractivity contribution in [3.05, 3.63) is 35.3 Å². The summed E-state index contributed by atoms with van der Waals surface area (Å²) in [6.07, 6.45) is 6.37. The number of nitrogens with zero attached hydrogens (tertiary/aromatic N) is 5. The molecule has 0 aliphatic carbocycles. The summed E-state index contributed by atoms with van der Waals surface area (Å²) < 4.78 is 13.2. The fourth-order valence-electron chi connectivity index (χ4n) is 3.92. The van der Waals surface area contributed by atoms with Gasteiger partial charge in [-0.25, -0.2) is 14.8 Å². The van der Waals surface area contributed by atoms with Crippen molar-refractivity contribution in [2.45, 2.75) is 59.2 Å². The van der Waals surface area contributed by atoms with E-state index >= 15 is 0 Å². The minimum absolute atomic E-state index is 0.0193. The second-order valence-corrected chi connectivity index (χ2v) is 8.84. The Kier molecular flexibility index (Phi) is 7.33. The summed E-state index contributed by atoms with van der Waals surface area (Å²) in [5.41, 5.74) is 5.44. The third-order valence-corrected chi connectivity index (χ3v) is 5.87. The van der Waals surface area contributed by atoms with Crippen LogP contribution in [0.3, 0.4) is 0 Å². The molecule has 0 fully saturated rings. The van der Waals surface area contributed by atoms with Gasteiger partial charge in [-0.1, -0.05) is 26.8 Å². The first-order chi connectivity index (χ1) is 15.2. The summed E-state index contributed by atoms with van der Waals surface area (Å²) in [5.74, 6) is 0.244. The monoisotopic (exact) mass is 441 g/mol. The Labute approximate surface area is 190 Å². The summed E-state index contributed by atoms with van der Waals surface area (Å²) in [5, 5.41) is 0. The smallest absolute Gasteiger partial charge is 0.409 e. The Morgan fingerprint density at radius 3 is 2.56 bits per heavy atom. The number of aryl methyl sites for hydroxylation is 2. The first-order valence-corrected chi connectivity index (χ1v) is 11.2. The van der Waals surface area contributed by atoms with Gasteiger partial charge in [-0.2, -0.15) is 0 Å². The number of rotatable bonds is 7. The van der Waals surface area contributed by atoms with Gasteiger partial charge in [0.2, 0.25) is 0 Å². The van der Waals surface area contributed by atoms with E-state index in [0.717, 1.165) is 40.2 Å². The molecule has 32 heavy (non-hydrogen) atoms. The molecule has 8 nitrogen and oxygen atoms in total. The van der Waals surface area contributed by atoms with Crippen molar-refractivity contribution in [3.8, 4) is 0 Å².